The van der Waals surface area contributed by atoms with Gasteiger partial charge in [-0.3, -0.25) is 0 Å². The number of hydrogen-bond donors (Lipinski definition) is 1. The minimum Gasteiger partial charge on any atom is -0.349 e. The zero-order valence-electron chi connectivity index (χ0n) is 8.06. The highest BCUT2D eigenvalue weighted by Gasteiger charge is 2.38. The van der Waals surface area contributed by atoms with Gasteiger partial charge in [-0.05, 0) is 18.6 Å². The van der Waals surface area contributed by atoms with Crippen molar-refractivity contribution in [1.29, 1.82) is 0 Å². The van der Waals surface area contributed by atoms with E-state index in [1.165, 1.54) is 6.42 Å². The van der Waals surface area contributed by atoms with Crippen LogP contribution in [0.15, 0.2) is 12.1 Å². The Morgan fingerprint density at radius 2 is 2.27 bits per heavy atom. The first-order valence-electron chi connectivity index (χ1n) is 4.82. The van der Waals surface area contributed by atoms with E-state index >= 15 is 0 Å². The first kappa shape index (κ1) is 10.9. The third-order valence-electron chi connectivity index (χ3n) is 2.97. The summed E-state index contributed by atoms with van der Waals surface area (Å²) in [6.07, 6.45) is 1.23. The topological polar surface area (TPSA) is 41.0 Å². The first-order chi connectivity index (χ1) is 6.83. The molecule has 2 fully saturated rings. The van der Waals surface area contributed by atoms with Crippen molar-refractivity contribution in [3.63, 3.8) is 0 Å². The molecule has 4 nitrogen and oxygen atoms in total. The number of fused-ring (bicyclic) bond motifs is 2. The summed E-state index contributed by atoms with van der Waals surface area (Å²) in [6.45, 7) is 2.11. The first-order valence-corrected chi connectivity index (χ1v) is 5.20. The van der Waals surface area contributed by atoms with Gasteiger partial charge in [-0.15, -0.1) is 22.6 Å². The van der Waals surface area contributed by atoms with Crippen LogP contribution >= 0.6 is 24.0 Å². The second-order valence-electron chi connectivity index (χ2n) is 3.86. The van der Waals surface area contributed by atoms with Crippen LogP contribution in [-0.2, 0) is 0 Å². The Bertz CT molecular complexity index is 342. The van der Waals surface area contributed by atoms with Crippen LogP contribution in [0.2, 0.25) is 5.15 Å². The number of hydrogen-bond acceptors (Lipinski definition) is 4. The molecular weight excluding hydrogens is 235 g/mol. The van der Waals surface area contributed by atoms with E-state index in [0.717, 1.165) is 18.9 Å². The van der Waals surface area contributed by atoms with Crippen molar-refractivity contribution in [2.75, 3.05) is 18.0 Å². The van der Waals surface area contributed by atoms with Crippen molar-refractivity contribution in [2.24, 2.45) is 0 Å². The van der Waals surface area contributed by atoms with Gasteiger partial charge in [0.05, 0.1) is 0 Å². The fraction of sp³-hybridized carbons (Fsp3) is 0.556. The summed E-state index contributed by atoms with van der Waals surface area (Å²) >= 11 is 5.69. The summed E-state index contributed by atoms with van der Waals surface area (Å²) in [4.78, 5) is 2.31. The van der Waals surface area contributed by atoms with E-state index in [9.17, 15) is 0 Å². The molecule has 0 amide bonds. The fourth-order valence-corrected chi connectivity index (χ4v) is 2.40. The lowest BCUT2D eigenvalue weighted by molar-refractivity contribution is 0.574. The van der Waals surface area contributed by atoms with Crippen molar-refractivity contribution >= 4 is 29.8 Å². The molecule has 1 aromatic rings. The quantitative estimate of drug-likeness (QED) is 0.806. The van der Waals surface area contributed by atoms with Gasteiger partial charge in [-0.2, -0.15) is 0 Å². The molecule has 0 saturated carbocycles. The highest BCUT2D eigenvalue weighted by Crippen LogP contribution is 2.27. The third-order valence-corrected chi connectivity index (χ3v) is 3.17. The summed E-state index contributed by atoms with van der Waals surface area (Å²) in [5.41, 5.74) is 0. The van der Waals surface area contributed by atoms with Gasteiger partial charge in [0, 0.05) is 25.2 Å². The Morgan fingerprint density at radius 3 is 2.80 bits per heavy atom. The SMILES string of the molecule is Cl.Clc1ccc(N2CC3C[C@H]2CN3)nn1. The molecular formula is C9H12Cl2N4. The molecule has 1 unspecified atom stereocenters. The summed E-state index contributed by atoms with van der Waals surface area (Å²) in [6, 6.07) is 4.97. The average molecular weight is 247 g/mol. The van der Waals surface area contributed by atoms with E-state index in [1.54, 1.807) is 6.07 Å². The number of piperazine rings is 1. The smallest absolute Gasteiger partial charge is 0.151 e. The predicted octanol–water partition coefficient (Wildman–Crippen LogP) is 1.10. The predicted molar refractivity (Wildman–Crippen MR) is 61.8 cm³/mol. The van der Waals surface area contributed by atoms with Crippen LogP contribution in [0.4, 0.5) is 5.82 Å². The molecule has 1 N–H and O–H groups in total. The van der Waals surface area contributed by atoms with Crippen LogP contribution < -0.4 is 10.2 Å². The van der Waals surface area contributed by atoms with Gasteiger partial charge < -0.3 is 10.2 Å². The van der Waals surface area contributed by atoms with Crippen LogP contribution in [0.3, 0.4) is 0 Å². The van der Waals surface area contributed by atoms with E-state index in [0.29, 0.717) is 17.2 Å². The number of rotatable bonds is 1. The molecule has 15 heavy (non-hydrogen) atoms. The molecule has 2 aliphatic rings. The monoisotopic (exact) mass is 246 g/mol. The van der Waals surface area contributed by atoms with E-state index in [2.05, 4.69) is 20.4 Å². The largest absolute Gasteiger partial charge is 0.349 e. The molecule has 82 valence electrons. The second kappa shape index (κ2) is 4.12. The molecule has 6 heteroatoms. The molecule has 1 aromatic heterocycles. The Morgan fingerprint density at radius 1 is 1.40 bits per heavy atom. The molecule has 2 aliphatic heterocycles. The van der Waals surface area contributed by atoms with Crippen molar-refractivity contribution in [2.45, 2.75) is 18.5 Å². The summed E-state index contributed by atoms with van der Waals surface area (Å²) in [5, 5.41) is 11.9. The van der Waals surface area contributed by atoms with Gasteiger partial charge in [-0.1, -0.05) is 11.6 Å². The normalized spacial score (nSPS) is 27.9. The van der Waals surface area contributed by atoms with E-state index in [-0.39, 0.29) is 12.4 Å². The number of anilines is 1. The van der Waals surface area contributed by atoms with Crippen molar-refractivity contribution in [1.82, 2.24) is 15.5 Å². The van der Waals surface area contributed by atoms with Crippen LogP contribution in [0, 0.1) is 0 Å². The lowest BCUT2D eigenvalue weighted by Gasteiger charge is -2.27. The Labute approximate surface area is 99.4 Å². The molecule has 2 atom stereocenters. The minimum atomic E-state index is 0. The zero-order chi connectivity index (χ0) is 9.54. The summed E-state index contributed by atoms with van der Waals surface area (Å²) in [7, 11) is 0. The number of halogens is 2. The molecule has 0 aromatic carbocycles. The summed E-state index contributed by atoms with van der Waals surface area (Å²) < 4.78 is 0. The second-order valence-corrected chi connectivity index (χ2v) is 4.25. The minimum absolute atomic E-state index is 0. The van der Waals surface area contributed by atoms with Crippen molar-refractivity contribution in [3.8, 4) is 0 Å². The Balaban J connectivity index is 0.000000853. The maximum atomic E-state index is 5.69. The van der Waals surface area contributed by atoms with Gasteiger partial charge in [0.15, 0.2) is 11.0 Å². The van der Waals surface area contributed by atoms with Gasteiger partial charge in [0.25, 0.3) is 0 Å². The Hall–Kier alpha value is -0.580. The lowest BCUT2D eigenvalue weighted by atomic mass is 10.2. The number of aromatic nitrogens is 2. The average Bonchev–Trinajstić information content (AvgIpc) is 2.80. The highest BCUT2D eigenvalue weighted by atomic mass is 35.5. The molecule has 0 radical (unpaired) electrons. The third kappa shape index (κ3) is 1.89. The van der Waals surface area contributed by atoms with Crippen LogP contribution in [0.1, 0.15) is 6.42 Å². The molecule has 2 saturated heterocycles. The van der Waals surface area contributed by atoms with Crippen LogP contribution in [0.25, 0.3) is 0 Å². The van der Waals surface area contributed by atoms with Gasteiger partial charge >= 0.3 is 0 Å². The van der Waals surface area contributed by atoms with E-state index in [4.69, 9.17) is 11.6 Å². The van der Waals surface area contributed by atoms with Gasteiger partial charge in [0.1, 0.15) is 0 Å². The van der Waals surface area contributed by atoms with E-state index in [1.807, 2.05) is 6.07 Å². The highest BCUT2D eigenvalue weighted by molar-refractivity contribution is 6.29. The maximum absolute atomic E-state index is 5.69. The molecule has 0 spiro atoms. The van der Waals surface area contributed by atoms with Gasteiger partial charge in [-0.25, -0.2) is 0 Å². The number of nitrogens with zero attached hydrogens (tertiary/aromatic N) is 3. The molecule has 3 heterocycles. The van der Waals surface area contributed by atoms with Crippen molar-refractivity contribution < 1.29 is 0 Å². The number of nitrogens with one attached hydrogen (secondary N) is 1. The summed E-state index contributed by atoms with van der Waals surface area (Å²) in [5.74, 6) is 0.948. The van der Waals surface area contributed by atoms with E-state index < -0.39 is 0 Å². The van der Waals surface area contributed by atoms with Crippen LogP contribution in [0.5, 0.6) is 0 Å². The zero-order valence-corrected chi connectivity index (χ0v) is 9.63. The van der Waals surface area contributed by atoms with Gasteiger partial charge in [0.2, 0.25) is 0 Å². The molecule has 0 aliphatic carbocycles. The maximum Gasteiger partial charge on any atom is 0.151 e. The lowest BCUT2D eigenvalue weighted by Crippen LogP contribution is -2.44. The van der Waals surface area contributed by atoms with Crippen LogP contribution in [-0.4, -0.2) is 35.4 Å². The molecule has 2 bridgehead atoms. The fourth-order valence-electron chi connectivity index (χ4n) is 2.30. The van der Waals surface area contributed by atoms with Crippen molar-refractivity contribution in [3.05, 3.63) is 17.3 Å². The Kier molecular flexibility index (Phi) is 3.00. The standard InChI is InChI=1S/C9H11ClN4.ClH/c10-8-1-2-9(13-12-8)14-5-6-3-7(14)4-11-6;/h1-2,6-7,11H,3-5H2;1H/t6?,7-;/m0./s1. The molecule has 3 rings (SSSR count).